The minimum Gasteiger partial charge on any atom is -0.482 e. The molecule has 10 heteroatoms. The van der Waals surface area contributed by atoms with Gasteiger partial charge in [0.25, 0.3) is 5.91 Å². The number of rotatable bonds is 8. The zero-order chi connectivity index (χ0) is 20.7. The molecule has 0 aromatic heterocycles. The summed E-state index contributed by atoms with van der Waals surface area (Å²) in [5.41, 5.74) is -0.370. The minimum absolute atomic E-state index is 0.0208. The average Bonchev–Trinajstić information content (AvgIpc) is 2.67. The molecule has 0 bridgehead atoms. The van der Waals surface area contributed by atoms with E-state index in [0.717, 1.165) is 18.2 Å². The number of carbonyl (C=O) groups excluding carboxylic acids is 3. The number of halogens is 1. The van der Waals surface area contributed by atoms with E-state index in [1.165, 1.54) is 31.2 Å². The number of hydrogen-bond acceptors (Lipinski definition) is 7. The van der Waals surface area contributed by atoms with E-state index in [9.17, 15) is 28.9 Å². The predicted octanol–water partition coefficient (Wildman–Crippen LogP) is 2.50. The van der Waals surface area contributed by atoms with Crippen molar-refractivity contribution in [1.29, 1.82) is 0 Å². The number of aldehydes is 1. The van der Waals surface area contributed by atoms with Crippen molar-refractivity contribution < 1.29 is 33.2 Å². The first-order chi connectivity index (χ1) is 13.3. The minimum atomic E-state index is -1.22. The lowest BCUT2D eigenvalue weighted by molar-refractivity contribution is -0.387. The Morgan fingerprint density at radius 2 is 1.93 bits per heavy atom. The van der Waals surface area contributed by atoms with Crippen LogP contribution in [0.25, 0.3) is 0 Å². The highest BCUT2D eigenvalue weighted by molar-refractivity contribution is 5.95. The lowest BCUT2D eigenvalue weighted by Crippen LogP contribution is -2.31. The number of carbonyl (C=O) groups is 3. The van der Waals surface area contributed by atoms with Crippen LogP contribution in [0.3, 0.4) is 0 Å². The number of ether oxygens (including phenoxy) is 2. The molecule has 0 heterocycles. The second-order valence-electron chi connectivity index (χ2n) is 5.52. The molecular weight excluding hydrogens is 375 g/mol. The highest BCUT2D eigenvalue weighted by atomic mass is 19.1. The zero-order valence-electron chi connectivity index (χ0n) is 14.6. The van der Waals surface area contributed by atoms with E-state index < -0.39 is 41.0 Å². The summed E-state index contributed by atoms with van der Waals surface area (Å²) in [4.78, 5) is 44.2. The van der Waals surface area contributed by atoms with Gasteiger partial charge in [0.1, 0.15) is 12.0 Å². The number of nitro groups is 1. The molecule has 2 aromatic rings. The SMILES string of the molecule is C[C@H](OC(=O)COc1ccc(C=O)cc1)C(=O)Nc1ccc(F)c([N+](=O)[O-])c1. The second-order valence-corrected chi connectivity index (χ2v) is 5.52. The van der Waals surface area contributed by atoms with E-state index in [0.29, 0.717) is 17.6 Å². The maximum atomic E-state index is 13.3. The predicted molar refractivity (Wildman–Crippen MR) is 94.6 cm³/mol. The van der Waals surface area contributed by atoms with Gasteiger partial charge < -0.3 is 14.8 Å². The number of nitrogens with one attached hydrogen (secondary N) is 1. The van der Waals surface area contributed by atoms with Crippen LogP contribution in [-0.2, 0) is 14.3 Å². The van der Waals surface area contributed by atoms with E-state index in [1.807, 2.05) is 0 Å². The fourth-order valence-electron chi connectivity index (χ4n) is 2.04. The van der Waals surface area contributed by atoms with Gasteiger partial charge >= 0.3 is 11.7 Å². The lowest BCUT2D eigenvalue weighted by atomic mass is 10.2. The summed E-state index contributed by atoms with van der Waals surface area (Å²) in [6.07, 6.45) is -0.564. The van der Waals surface area contributed by atoms with Crippen molar-refractivity contribution in [3.8, 4) is 5.75 Å². The Hall–Kier alpha value is -3.82. The first-order valence-electron chi connectivity index (χ1n) is 7.92. The van der Waals surface area contributed by atoms with E-state index >= 15 is 0 Å². The van der Waals surface area contributed by atoms with Crippen LogP contribution in [0, 0.1) is 15.9 Å². The Kier molecular flexibility index (Phi) is 6.74. The third kappa shape index (κ3) is 5.59. The summed E-state index contributed by atoms with van der Waals surface area (Å²) in [5, 5.41) is 13.0. The molecule has 0 unspecified atom stereocenters. The number of esters is 1. The van der Waals surface area contributed by atoms with Gasteiger partial charge in [0, 0.05) is 17.3 Å². The number of amides is 1. The van der Waals surface area contributed by atoms with Crippen LogP contribution in [0.5, 0.6) is 5.75 Å². The van der Waals surface area contributed by atoms with E-state index in [2.05, 4.69) is 5.32 Å². The number of benzene rings is 2. The maximum Gasteiger partial charge on any atom is 0.344 e. The van der Waals surface area contributed by atoms with Crippen molar-refractivity contribution in [2.24, 2.45) is 0 Å². The Balaban J connectivity index is 1.87. The number of nitro benzene ring substituents is 1. The first-order valence-corrected chi connectivity index (χ1v) is 7.92. The van der Waals surface area contributed by atoms with Gasteiger partial charge in [-0.15, -0.1) is 0 Å². The Bertz CT molecular complexity index is 899. The summed E-state index contributed by atoms with van der Waals surface area (Å²) in [6.45, 7) is 0.824. The third-order valence-corrected chi connectivity index (χ3v) is 3.46. The average molecular weight is 390 g/mol. The van der Waals surface area contributed by atoms with Crippen LogP contribution in [0.2, 0.25) is 0 Å². The summed E-state index contributed by atoms with van der Waals surface area (Å²) in [5.74, 6) is -2.30. The van der Waals surface area contributed by atoms with Crippen molar-refractivity contribution in [3.63, 3.8) is 0 Å². The fourth-order valence-corrected chi connectivity index (χ4v) is 2.04. The molecule has 2 rings (SSSR count). The highest BCUT2D eigenvalue weighted by Gasteiger charge is 2.20. The van der Waals surface area contributed by atoms with Crippen molar-refractivity contribution in [2.75, 3.05) is 11.9 Å². The molecule has 0 saturated carbocycles. The molecule has 0 aliphatic carbocycles. The quantitative estimate of drug-likeness (QED) is 0.318. The van der Waals surface area contributed by atoms with Gasteiger partial charge in [0.15, 0.2) is 12.7 Å². The van der Waals surface area contributed by atoms with Gasteiger partial charge in [-0.25, -0.2) is 4.79 Å². The Labute approximate surface area is 158 Å². The summed E-state index contributed by atoms with van der Waals surface area (Å²) < 4.78 is 23.4. The van der Waals surface area contributed by atoms with Crippen molar-refractivity contribution in [2.45, 2.75) is 13.0 Å². The third-order valence-electron chi connectivity index (χ3n) is 3.46. The van der Waals surface area contributed by atoms with Gasteiger partial charge in [-0.2, -0.15) is 4.39 Å². The van der Waals surface area contributed by atoms with E-state index in [-0.39, 0.29) is 5.69 Å². The van der Waals surface area contributed by atoms with E-state index in [4.69, 9.17) is 9.47 Å². The standard InChI is InChI=1S/C18H15FN2O7/c1-11(18(24)20-13-4-7-15(19)16(8-13)21(25)26)28-17(23)10-27-14-5-2-12(9-22)3-6-14/h2-9,11H,10H2,1H3,(H,20,24)/t11-/m0/s1. The number of anilines is 1. The Morgan fingerprint density at radius 3 is 2.54 bits per heavy atom. The van der Waals surface area contributed by atoms with Crippen LogP contribution in [0.4, 0.5) is 15.8 Å². The van der Waals surface area contributed by atoms with Gasteiger partial charge in [0.2, 0.25) is 5.82 Å². The Morgan fingerprint density at radius 1 is 1.25 bits per heavy atom. The molecule has 0 aliphatic rings. The van der Waals surface area contributed by atoms with Gasteiger partial charge in [-0.3, -0.25) is 19.7 Å². The molecule has 1 amide bonds. The molecule has 1 N–H and O–H groups in total. The second kappa shape index (κ2) is 9.21. The molecule has 0 aliphatic heterocycles. The molecule has 0 fully saturated rings. The monoisotopic (exact) mass is 390 g/mol. The topological polar surface area (TPSA) is 125 Å². The smallest absolute Gasteiger partial charge is 0.344 e. The highest BCUT2D eigenvalue weighted by Crippen LogP contribution is 2.21. The normalized spacial score (nSPS) is 11.2. The van der Waals surface area contributed by atoms with Crippen LogP contribution in [-0.4, -0.2) is 35.8 Å². The first kappa shape index (κ1) is 20.5. The zero-order valence-corrected chi connectivity index (χ0v) is 14.6. The van der Waals surface area contributed by atoms with Gasteiger partial charge in [0.05, 0.1) is 4.92 Å². The molecule has 9 nitrogen and oxygen atoms in total. The van der Waals surface area contributed by atoms with Gasteiger partial charge in [-0.1, -0.05) is 0 Å². The maximum absolute atomic E-state index is 13.3. The van der Waals surface area contributed by atoms with Crippen LogP contribution >= 0.6 is 0 Å². The van der Waals surface area contributed by atoms with Crippen LogP contribution < -0.4 is 10.1 Å². The summed E-state index contributed by atoms with van der Waals surface area (Å²) >= 11 is 0. The fraction of sp³-hybridized carbons (Fsp3) is 0.167. The van der Waals surface area contributed by atoms with Crippen molar-refractivity contribution >= 4 is 29.5 Å². The summed E-state index contributed by atoms with van der Waals surface area (Å²) in [6, 6.07) is 8.84. The summed E-state index contributed by atoms with van der Waals surface area (Å²) in [7, 11) is 0. The largest absolute Gasteiger partial charge is 0.482 e. The van der Waals surface area contributed by atoms with Gasteiger partial charge in [-0.05, 0) is 43.3 Å². The number of hydrogen-bond donors (Lipinski definition) is 1. The lowest BCUT2D eigenvalue weighted by Gasteiger charge is -2.14. The van der Waals surface area contributed by atoms with E-state index in [1.54, 1.807) is 0 Å². The van der Waals surface area contributed by atoms with Crippen molar-refractivity contribution in [3.05, 3.63) is 64.0 Å². The molecule has 28 heavy (non-hydrogen) atoms. The molecule has 0 radical (unpaired) electrons. The molecule has 0 saturated heterocycles. The molecule has 0 spiro atoms. The molecule has 1 atom stereocenters. The molecular formula is C18H15FN2O7. The number of nitrogens with zero attached hydrogens (tertiary/aromatic N) is 1. The molecule has 146 valence electrons. The van der Waals surface area contributed by atoms with Crippen LogP contribution in [0.1, 0.15) is 17.3 Å². The van der Waals surface area contributed by atoms with Crippen LogP contribution in [0.15, 0.2) is 42.5 Å². The molecule has 2 aromatic carbocycles. The van der Waals surface area contributed by atoms with Crippen molar-refractivity contribution in [1.82, 2.24) is 0 Å².